The summed E-state index contributed by atoms with van der Waals surface area (Å²) in [5.41, 5.74) is 8.36. The van der Waals surface area contributed by atoms with Crippen molar-refractivity contribution < 1.29 is 0 Å². The van der Waals surface area contributed by atoms with Gasteiger partial charge in [0.2, 0.25) is 0 Å². The van der Waals surface area contributed by atoms with Gasteiger partial charge in [0.1, 0.15) is 0 Å². The van der Waals surface area contributed by atoms with E-state index < -0.39 is 0 Å². The van der Waals surface area contributed by atoms with Crippen molar-refractivity contribution in [2.75, 3.05) is 11.9 Å². The molecule has 0 aromatic heterocycles. The van der Waals surface area contributed by atoms with Gasteiger partial charge in [-0.1, -0.05) is 6.92 Å². The zero-order valence-electron chi connectivity index (χ0n) is 9.25. The molecule has 0 radical (unpaired) electrons. The molecule has 1 rings (SSSR count). The molecule has 0 saturated heterocycles. The second-order valence-corrected chi connectivity index (χ2v) is 3.63. The predicted molar refractivity (Wildman–Crippen MR) is 62.7 cm³/mol. The highest BCUT2D eigenvalue weighted by atomic mass is 14.9. The summed E-state index contributed by atoms with van der Waals surface area (Å²) in [5.74, 6) is 0. The van der Waals surface area contributed by atoms with E-state index in [-0.39, 0.29) is 0 Å². The van der Waals surface area contributed by atoms with Crippen LogP contribution in [0.2, 0.25) is 0 Å². The SMILES string of the molecule is CCC(CN)Nc1ccc(C#N)c(C)c1. The van der Waals surface area contributed by atoms with Crippen LogP contribution in [0.5, 0.6) is 0 Å². The van der Waals surface area contributed by atoms with Gasteiger partial charge in [0.25, 0.3) is 0 Å². The average molecular weight is 203 g/mol. The molecular formula is C12H17N3. The van der Waals surface area contributed by atoms with Crippen LogP contribution in [0.3, 0.4) is 0 Å². The highest BCUT2D eigenvalue weighted by Crippen LogP contribution is 2.15. The lowest BCUT2D eigenvalue weighted by atomic mass is 10.1. The number of rotatable bonds is 4. The molecule has 15 heavy (non-hydrogen) atoms. The van der Waals surface area contributed by atoms with Crippen LogP contribution >= 0.6 is 0 Å². The van der Waals surface area contributed by atoms with Gasteiger partial charge in [0, 0.05) is 18.3 Å². The van der Waals surface area contributed by atoms with Crippen LogP contribution in [-0.4, -0.2) is 12.6 Å². The molecule has 1 unspecified atom stereocenters. The third-order valence-corrected chi connectivity index (χ3v) is 2.49. The Labute approximate surface area is 90.9 Å². The molecule has 0 aliphatic heterocycles. The second kappa shape index (κ2) is 5.38. The molecule has 1 aromatic carbocycles. The number of benzene rings is 1. The normalized spacial score (nSPS) is 11.9. The summed E-state index contributed by atoms with van der Waals surface area (Å²) < 4.78 is 0. The maximum Gasteiger partial charge on any atom is 0.0994 e. The van der Waals surface area contributed by atoms with Crippen LogP contribution < -0.4 is 11.1 Å². The van der Waals surface area contributed by atoms with E-state index in [0.29, 0.717) is 12.6 Å². The molecule has 0 spiro atoms. The lowest BCUT2D eigenvalue weighted by Crippen LogP contribution is -2.27. The van der Waals surface area contributed by atoms with Crippen molar-refractivity contribution in [3.05, 3.63) is 29.3 Å². The third kappa shape index (κ3) is 2.97. The lowest BCUT2D eigenvalue weighted by Gasteiger charge is -2.16. The number of hydrogen-bond acceptors (Lipinski definition) is 3. The first-order valence-corrected chi connectivity index (χ1v) is 5.18. The van der Waals surface area contributed by atoms with Gasteiger partial charge >= 0.3 is 0 Å². The highest BCUT2D eigenvalue weighted by Gasteiger charge is 2.04. The third-order valence-electron chi connectivity index (χ3n) is 2.49. The number of hydrogen-bond donors (Lipinski definition) is 2. The Balaban J connectivity index is 2.80. The van der Waals surface area contributed by atoms with Crippen molar-refractivity contribution in [2.24, 2.45) is 5.73 Å². The Morgan fingerprint density at radius 1 is 1.53 bits per heavy atom. The number of aryl methyl sites for hydroxylation is 1. The molecule has 1 atom stereocenters. The van der Waals surface area contributed by atoms with E-state index in [1.54, 1.807) is 0 Å². The van der Waals surface area contributed by atoms with Crippen molar-refractivity contribution in [1.29, 1.82) is 5.26 Å². The molecule has 3 nitrogen and oxygen atoms in total. The van der Waals surface area contributed by atoms with Gasteiger partial charge < -0.3 is 11.1 Å². The van der Waals surface area contributed by atoms with Gasteiger partial charge in [-0.2, -0.15) is 5.26 Å². The molecule has 0 aliphatic rings. The van der Waals surface area contributed by atoms with Crippen molar-refractivity contribution in [1.82, 2.24) is 0 Å². The van der Waals surface area contributed by atoms with E-state index in [1.165, 1.54) is 0 Å². The first kappa shape index (κ1) is 11.5. The molecule has 80 valence electrons. The standard InChI is InChI=1S/C12H17N3/c1-3-11(8-14)15-12-5-4-10(7-13)9(2)6-12/h4-6,11,15H,3,8,14H2,1-2H3. The fraction of sp³-hybridized carbons (Fsp3) is 0.417. The predicted octanol–water partition coefficient (Wildman–Crippen LogP) is 2.02. The first-order chi connectivity index (χ1) is 7.21. The van der Waals surface area contributed by atoms with Crippen LogP contribution in [0.15, 0.2) is 18.2 Å². The van der Waals surface area contributed by atoms with E-state index in [9.17, 15) is 0 Å². The first-order valence-electron chi connectivity index (χ1n) is 5.18. The Bertz CT molecular complexity index is 362. The van der Waals surface area contributed by atoms with Gasteiger partial charge in [-0.25, -0.2) is 0 Å². The molecule has 1 aromatic rings. The Hall–Kier alpha value is -1.53. The van der Waals surface area contributed by atoms with E-state index in [4.69, 9.17) is 11.0 Å². The molecular weight excluding hydrogens is 186 g/mol. The molecule has 3 heteroatoms. The van der Waals surface area contributed by atoms with Gasteiger partial charge in [0.05, 0.1) is 11.6 Å². The van der Waals surface area contributed by atoms with Gasteiger partial charge in [-0.3, -0.25) is 0 Å². The minimum Gasteiger partial charge on any atom is -0.381 e. The summed E-state index contributed by atoms with van der Waals surface area (Å²) in [6.45, 7) is 4.66. The fourth-order valence-corrected chi connectivity index (χ4v) is 1.44. The Morgan fingerprint density at radius 2 is 2.27 bits per heavy atom. The fourth-order valence-electron chi connectivity index (χ4n) is 1.44. The number of nitrogens with two attached hydrogens (primary N) is 1. The number of anilines is 1. The van der Waals surface area contributed by atoms with E-state index in [2.05, 4.69) is 18.3 Å². The summed E-state index contributed by atoms with van der Waals surface area (Å²) in [7, 11) is 0. The molecule has 0 heterocycles. The molecule has 0 saturated carbocycles. The monoisotopic (exact) mass is 203 g/mol. The minimum atomic E-state index is 0.303. The Morgan fingerprint density at radius 3 is 2.73 bits per heavy atom. The van der Waals surface area contributed by atoms with Gasteiger partial charge in [-0.15, -0.1) is 0 Å². The van der Waals surface area contributed by atoms with E-state index in [1.807, 2.05) is 25.1 Å². The Kier molecular flexibility index (Phi) is 4.14. The van der Waals surface area contributed by atoms with Crippen LogP contribution in [0.25, 0.3) is 0 Å². The van der Waals surface area contributed by atoms with Crippen LogP contribution in [0.1, 0.15) is 24.5 Å². The van der Waals surface area contributed by atoms with Crippen molar-refractivity contribution in [2.45, 2.75) is 26.3 Å². The number of nitrogens with zero attached hydrogens (tertiary/aromatic N) is 1. The smallest absolute Gasteiger partial charge is 0.0994 e. The van der Waals surface area contributed by atoms with Gasteiger partial charge in [-0.05, 0) is 37.1 Å². The van der Waals surface area contributed by atoms with Crippen molar-refractivity contribution in [3.8, 4) is 6.07 Å². The molecule has 0 bridgehead atoms. The minimum absolute atomic E-state index is 0.303. The summed E-state index contributed by atoms with van der Waals surface area (Å²) in [6, 6.07) is 8.19. The molecule has 0 fully saturated rings. The summed E-state index contributed by atoms with van der Waals surface area (Å²) >= 11 is 0. The van der Waals surface area contributed by atoms with Crippen molar-refractivity contribution in [3.63, 3.8) is 0 Å². The second-order valence-electron chi connectivity index (χ2n) is 3.63. The van der Waals surface area contributed by atoms with Crippen molar-refractivity contribution >= 4 is 5.69 Å². The number of nitriles is 1. The number of nitrogens with one attached hydrogen (secondary N) is 1. The van der Waals surface area contributed by atoms with Crippen LogP contribution in [0, 0.1) is 18.3 Å². The summed E-state index contributed by atoms with van der Waals surface area (Å²) in [5, 5.41) is 12.1. The van der Waals surface area contributed by atoms with Crippen LogP contribution in [0.4, 0.5) is 5.69 Å². The van der Waals surface area contributed by atoms with E-state index >= 15 is 0 Å². The zero-order chi connectivity index (χ0) is 11.3. The summed E-state index contributed by atoms with van der Waals surface area (Å²) in [4.78, 5) is 0. The quantitative estimate of drug-likeness (QED) is 0.787. The lowest BCUT2D eigenvalue weighted by molar-refractivity contribution is 0.703. The maximum atomic E-state index is 8.79. The zero-order valence-corrected chi connectivity index (χ0v) is 9.25. The topological polar surface area (TPSA) is 61.8 Å². The highest BCUT2D eigenvalue weighted by molar-refractivity contribution is 5.52. The molecule has 0 amide bonds. The molecule has 3 N–H and O–H groups in total. The largest absolute Gasteiger partial charge is 0.381 e. The van der Waals surface area contributed by atoms with E-state index in [0.717, 1.165) is 23.2 Å². The average Bonchev–Trinajstić information content (AvgIpc) is 2.26. The molecule has 0 aliphatic carbocycles. The van der Waals surface area contributed by atoms with Crippen LogP contribution in [-0.2, 0) is 0 Å². The maximum absolute atomic E-state index is 8.79. The summed E-state index contributed by atoms with van der Waals surface area (Å²) in [6.07, 6.45) is 0.996. The van der Waals surface area contributed by atoms with Gasteiger partial charge in [0.15, 0.2) is 0 Å².